The Kier molecular flexibility index (Phi) is 6.89. The number of anilines is 2. The molecule has 1 amide bonds. The van der Waals surface area contributed by atoms with E-state index in [-0.39, 0.29) is 5.75 Å². The quantitative estimate of drug-likeness (QED) is 0.482. The normalized spacial score (nSPS) is 12.6. The van der Waals surface area contributed by atoms with Crippen LogP contribution in [0.15, 0.2) is 53.4 Å². The maximum atomic E-state index is 12.3. The lowest BCUT2D eigenvalue weighted by Gasteiger charge is -2.16. The summed E-state index contributed by atoms with van der Waals surface area (Å²) in [6.07, 6.45) is -4.77. The van der Waals surface area contributed by atoms with Crippen molar-refractivity contribution in [2.24, 2.45) is 0 Å². The van der Waals surface area contributed by atoms with E-state index >= 15 is 0 Å². The maximum Gasteiger partial charge on any atom is 0.573 e. The van der Waals surface area contributed by atoms with Gasteiger partial charge in [-0.2, -0.15) is 8.78 Å². The van der Waals surface area contributed by atoms with Crippen LogP contribution in [0.1, 0.15) is 6.92 Å². The van der Waals surface area contributed by atoms with Crippen molar-refractivity contribution in [3.8, 4) is 5.75 Å². The van der Waals surface area contributed by atoms with Gasteiger partial charge in [0.15, 0.2) is 0 Å². The van der Waals surface area contributed by atoms with E-state index in [0.717, 1.165) is 12.1 Å². The third-order valence-electron chi connectivity index (χ3n) is 3.21. The molecular formula is C17H15F5N2O2S. The SMILES string of the molecule is C[C@@H](Nc1ccc(OC(F)(F)F)cc1)C(=O)Nc1ccc(SC(F)F)cc1. The third kappa shape index (κ3) is 7.33. The zero-order valence-electron chi connectivity index (χ0n) is 13.9. The minimum Gasteiger partial charge on any atom is -0.406 e. The van der Waals surface area contributed by atoms with Gasteiger partial charge < -0.3 is 15.4 Å². The first-order valence-corrected chi connectivity index (χ1v) is 8.48. The van der Waals surface area contributed by atoms with Crippen LogP contribution in [0.3, 0.4) is 0 Å². The van der Waals surface area contributed by atoms with Crippen molar-refractivity contribution in [1.82, 2.24) is 0 Å². The number of nitrogens with one attached hydrogen (secondary N) is 2. The Morgan fingerprint density at radius 2 is 1.56 bits per heavy atom. The molecule has 0 fully saturated rings. The van der Waals surface area contributed by atoms with E-state index in [1.807, 2.05) is 0 Å². The number of carbonyl (C=O) groups is 1. The number of halogens is 5. The van der Waals surface area contributed by atoms with Crippen molar-refractivity contribution >= 4 is 29.0 Å². The molecule has 0 spiro atoms. The largest absolute Gasteiger partial charge is 0.573 e. The van der Waals surface area contributed by atoms with E-state index in [4.69, 9.17) is 0 Å². The van der Waals surface area contributed by atoms with Crippen LogP contribution in [0.5, 0.6) is 5.75 Å². The van der Waals surface area contributed by atoms with Crippen LogP contribution < -0.4 is 15.4 Å². The minimum atomic E-state index is -4.77. The lowest BCUT2D eigenvalue weighted by Crippen LogP contribution is -2.31. The zero-order valence-corrected chi connectivity index (χ0v) is 14.7. The van der Waals surface area contributed by atoms with E-state index in [0.29, 0.717) is 28.0 Å². The molecule has 2 rings (SSSR count). The second kappa shape index (κ2) is 8.94. The fourth-order valence-electron chi connectivity index (χ4n) is 2.04. The molecule has 0 heterocycles. The van der Waals surface area contributed by atoms with Crippen LogP contribution >= 0.6 is 11.8 Å². The molecule has 2 aromatic rings. The third-order valence-corrected chi connectivity index (χ3v) is 3.93. The number of ether oxygens (including phenoxy) is 1. The number of amides is 1. The molecule has 10 heteroatoms. The molecule has 146 valence electrons. The van der Waals surface area contributed by atoms with Crippen LogP contribution in [-0.2, 0) is 4.79 Å². The van der Waals surface area contributed by atoms with E-state index in [1.54, 1.807) is 6.92 Å². The first-order valence-electron chi connectivity index (χ1n) is 7.60. The van der Waals surface area contributed by atoms with Crippen LogP contribution in [0.25, 0.3) is 0 Å². The van der Waals surface area contributed by atoms with E-state index in [2.05, 4.69) is 15.4 Å². The highest BCUT2D eigenvalue weighted by Crippen LogP contribution is 2.26. The fraction of sp³-hybridized carbons (Fsp3) is 0.235. The number of carbonyl (C=O) groups excluding carboxylic acids is 1. The zero-order chi connectivity index (χ0) is 20.0. The molecule has 0 unspecified atom stereocenters. The van der Waals surface area contributed by atoms with Gasteiger partial charge in [-0.05, 0) is 55.5 Å². The Balaban J connectivity index is 1.89. The standard InChI is InChI=1S/C17H15F5N2O2S/c1-10(23-11-2-6-13(7-3-11)26-17(20,21)22)15(25)24-12-4-8-14(9-5-12)27-16(18)19/h2-10,16,23H,1H3,(H,24,25)/t10-/m1/s1. The monoisotopic (exact) mass is 406 g/mol. The molecule has 27 heavy (non-hydrogen) atoms. The molecule has 2 aromatic carbocycles. The Morgan fingerprint density at radius 3 is 2.07 bits per heavy atom. The summed E-state index contributed by atoms with van der Waals surface area (Å²) in [5.41, 5.74) is 0.858. The second-order valence-electron chi connectivity index (χ2n) is 5.33. The lowest BCUT2D eigenvalue weighted by atomic mass is 10.2. The molecule has 0 saturated carbocycles. The molecule has 1 atom stereocenters. The molecule has 4 nitrogen and oxygen atoms in total. The summed E-state index contributed by atoms with van der Waals surface area (Å²) in [5.74, 6) is -3.30. The van der Waals surface area contributed by atoms with Gasteiger partial charge in [-0.15, -0.1) is 13.2 Å². The summed E-state index contributed by atoms with van der Waals surface area (Å²) in [5, 5.41) is 5.45. The average Bonchev–Trinajstić information content (AvgIpc) is 2.56. The Bertz CT molecular complexity index is 751. The summed E-state index contributed by atoms with van der Waals surface area (Å²) >= 11 is 0.400. The van der Waals surface area contributed by atoms with E-state index < -0.39 is 24.1 Å². The van der Waals surface area contributed by atoms with Crippen molar-refractivity contribution in [3.63, 3.8) is 0 Å². The number of hydrogen-bond donors (Lipinski definition) is 2. The lowest BCUT2D eigenvalue weighted by molar-refractivity contribution is -0.274. The maximum absolute atomic E-state index is 12.3. The van der Waals surface area contributed by atoms with Gasteiger partial charge in [0.25, 0.3) is 5.76 Å². The molecule has 2 N–H and O–H groups in total. The summed E-state index contributed by atoms with van der Waals surface area (Å²) in [7, 11) is 0. The van der Waals surface area contributed by atoms with Gasteiger partial charge in [0.05, 0.1) is 0 Å². The predicted octanol–water partition coefficient (Wildman–Crippen LogP) is 5.34. The molecule has 0 bridgehead atoms. The van der Waals surface area contributed by atoms with Gasteiger partial charge in [-0.3, -0.25) is 4.79 Å². The molecule has 0 saturated heterocycles. The number of hydrogen-bond acceptors (Lipinski definition) is 4. The highest BCUT2D eigenvalue weighted by atomic mass is 32.2. The number of rotatable bonds is 7. The van der Waals surface area contributed by atoms with Gasteiger partial charge in [0, 0.05) is 16.3 Å². The second-order valence-corrected chi connectivity index (χ2v) is 6.39. The van der Waals surface area contributed by atoms with Crippen molar-refractivity contribution in [2.75, 3.05) is 10.6 Å². The van der Waals surface area contributed by atoms with Crippen molar-refractivity contribution in [2.45, 2.75) is 30.0 Å². The van der Waals surface area contributed by atoms with Crippen LogP contribution in [0.4, 0.5) is 33.3 Å². The van der Waals surface area contributed by atoms with Gasteiger partial charge in [0.2, 0.25) is 5.91 Å². The summed E-state index contributed by atoms with van der Waals surface area (Å²) in [6.45, 7) is 1.57. The van der Waals surface area contributed by atoms with Gasteiger partial charge in [-0.1, -0.05) is 11.8 Å². The van der Waals surface area contributed by atoms with Crippen LogP contribution in [0, 0.1) is 0 Å². The van der Waals surface area contributed by atoms with Crippen LogP contribution in [-0.4, -0.2) is 24.1 Å². The topological polar surface area (TPSA) is 50.4 Å². The first kappa shape index (κ1) is 20.8. The smallest absolute Gasteiger partial charge is 0.406 e. The van der Waals surface area contributed by atoms with Gasteiger partial charge in [0.1, 0.15) is 11.8 Å². The molecule has 0 aliphatic rings. The average molecular weight is 406 g/mol. The fourth-order valence-corrected chi connectivity index (χ4v) is 2.54. The molecule has 0 aliphatic heterocycles. The number of alkyl halides is 5. The Hall–Kier alpha value is -2.49. The van der Waals surface area contributed by atoms with Crippen molar-refractivity contribution in [1.29, 1.82) is 0 Å². The minimum absolute atomic E-state index is 0.369. The van der Waals surface area contributed by atoms with E-state index in [1.165, 1.54) is 36.4 Å². The number of thioether (sulfide) groups is 1. The van der Waals surface area contributed by atoms with Crippen LogP contribution in [0.2, 0.25) is 0 Å². The summed E-state index contributed by atoms with van der Waals surface area (Å²) in [6, 6.07) is 10.2. The Morgan fingerprint density at radius 1 is 1.00 bits per heavy atom. The Labute approximate surface area is 156 Å². The van der Waals surface area contributed by atoms with Gasteiger partial charge in [-0.25, -0.2) is 0 Å². The van der Waals surface area contributed by atoms with E-state index in [9.17, 15) is 26.7 Å². The predicted molar refractivity (Wildman–Crippen MR) is 93.1 cm³/mol. The molecular weight excluding hydrogens is 391 g/mol. The molecule has 0 aliphatic carbocycles. The highest BCUT2D eigenvalue weighted by Gasteiger charge is 2.31. The van der Waals surface area contributed by atoms with Crippen molar-refractivity contribution in [3.05, 3.63) is 48.5 Å². The first-order chi connectivity index (χ1) is 12.6. The highest BCUT2D eigenvalue weighted by molar-refractivity contribution is 7.99. The summed E-state index contributed by atoms with van der Waals surface area (Å²) < 4.78 is 64.7. The van der Waals surface area contributed by atoms with Crippen molar-refractivity contribution < 1.29 is 31.5 Å². The molecule has 0 radical (unpaired) electrons. The summed E-state index contributed by atoms with van der Waals surface area (Å²) in [4.78, 5) is 12.5. The van der Waals surface area contributed by atoms with Gasteiger partial charge >= 0.3 is 6.36 Å². The molecule has 0 aromatic heterocycles. The number of benzene rings is 2.